The van der Waals surface area contributed by atoms with E-state index >= 15 is 0 Å². The van der Waals surface area contributed by atoms with Crippen LogP contribution < -0.4 is 5.73 Å². The zero-order valence-electron chi connectivity index (χ0n) is 6.99. The van der Waals surface area contributed by atoms with E-state index in [4.69, 9.17) is 5.73 Å². The Morgan fingerprint density at radius 1 is 1.46 bits per heavy atom. The van der Waals surface area contributed by atoms with E-state index in [0.717, 1.165) is 6.08 Å². The van der Waals surface area contributed by atoms with E-state index < -0.39 is 17.8 Å². The molecular weight excluding hydrogens is 185 g/mol. The maximum atomic E-state index is 10.6. The molecule has 0 aliphatic rings. The predicted molar refractivity (Wildman–Crippen MR) is 48.2 cm³/mol. The Morgan fingerprint density at radius 3 is 2.23 bits per heavy atom. The molecular formula is C7H12NNaO4. The minimum absolute atomic E-state index is 0. The molecule has 0 heterocycles. The van der Waals surface area contributed by atoms with Gasteiger partial charge in [0.2, 0.25) is 0 Å². The molecule has 0 saturated heterocycles. The van der Waals surface area contributed by atoms with E-state index in [1.54, 1.807) is 0 Å². The van der Waals surface area contributed by atoms with Crippen molar-refractivity contribution in [1.82, 2.24) is 0 Å². The third-order valence-electron chi connectivity index (χ3n) is 0.697. The van der Waals surface area contributed by atoms with Gasteiger partial charge in [-0.15, -0.1) is 0 Å². The molecule has 0 saturated carbocycles. The van der Waals surface area contributed by atoms with Crippen molar-refractivity contribution in [1.29, 1.82) is 0 Å². The predicted octanol–water partition coefficient (Wildman–Crippen LogP) is -0.101. The molecule has 0 spiro atoms. The fraction of sp³-hybridized carbons (Fsp3) is 0.429. The number of esters is 1. The van der Waals surface area contributed by atoms with Crippen LogP contribution in [0.2, 0.25) is 0 Å². The molecule has 70 valence electrons. The van der Waals surface area contributed by atoms with Gasteiger partial charge in [0.05, 0.1) is 0 Å². The molecule has 0 rings (SSSR count). The van der Waals surface area contributed by atoms with E-state index in [9.17, 15) is 9.59 Å². The van der Waals surface area contributed by atoms with Gasteiger partial charge in [-0.05, 0) is 13.8 Å². The summed E-state index contributed by atoms with van der Waals surface area (Å²) in [6, 6.07) is 0. The van der Waals surface area contributed by atoms with Crippen LogP contribution in [0.15, 0.2) is 12.7 Å². The quantitative estimate of drug-likeness (QED) is 0.220. The van der Waals surface area contributed by atoms with Crippen LogP contribution in [0.1, 0.15) is 13.8 Å². The van der Waals surface area contributed by atoms with Crippen molar-refractivity contribution in [2.75, 3.05) is 0 Å². The zero-order chi connectivity index (χ0) is 9.78. The van der Waals surface area contributed by atoms with Crippen molar-refractivity contribution in [3.05, 3.63) is 12.7 Å². The number of hydrogen-bond acceptors (Lipinski definition) is 5. The van der Waals surface area contributed by atoms with Gasteiger partial charge < -0.3 is 9.47 Å². The summed E-state index contributed by atoms with van der Waals surface area (Å²) in [4.78, 5) is 21.1. The molecule has 0 fully saturated rings. The molecule has 0 aromatic carbocycles. The van der Waals surface area contributed by atoms with Crippen molar-refractivity contribution in [2.24, 2.45) is 5.73 Å². The Hall–Kier alpha value is -0.360. The Morgan fingerprint density at radius 2 is 1.92 bits per heavy atom. The van der Waals surface area contributed by atoms with Crippen LogP contribution in [0, 0.1) is 0 Å². The fourth-order valence-corrected chi connectivity index (χ4v) is 0.359. The normalized spacial score (nSPS) is 9.46. The average molecular weight is 197 g/mol. The molecule has 0 aliphatic heterocycles. The average Bonchev–Trinajstić information content (AvgIpc) is 1.82. The van der Waals surface area contributed by atoms with Gasteiger partial charge in [0.15, 0.2) is 5.72 Å². The van der Waals surface area contributed by atoms with Crippen molar-refractivity contribution in [3.63, 3.8) is 0 Å². The summed E-state index contributed by atoms with van der Waals surface area (Å²) < 4.78 is 8.54. The molecule has 0 aliphatic carbocycles. The van der Waals surface area contributed by atoms with Crippen molar-refractivity contribution in [2.45, 2.75) is 19.6 Å². The fourth-order valence-electron chi connectivity index (χ4n) is 0.359. The van der Waals surface area contributed by atoms with Crippen LogP contribution in [-0.4, -0.2) is 47.4 Å². The molecule has 0 atom stereocenters. The Kier molecular flexibility index (Phi) is 7.15. The van der Waals surface area contributed by atoms with Gasteiger partial charge in [0.1, 0.15) is 0 Å². The van der Waals surface area contributed by atoms with Gasteiger partial charge in [-0.1, -0.05) is 6.58 Å². The Labute approximate surface area is 98.5 Å². The first kappa shape index (κ1) is 15.1. The van der Waals surface area contributed by atoms with Crippen molar-refractivity contribution in [3.8, 4) is 0 Å². The van der Waals surface area contributed by atoms with E-state index in [0.29, 0.717) is 0 Å². The molecule has 0 aromatic heterocycles. The summed E-state index contributed by atoms with van der Waals surface area (Å²) in [5.41, 5.74) is 4.14. The van der Waals surface area contributed by atoms with Gasteiger partial charge in [-0.3, -0.25) is 5.73 Å². The van der Waals surface area contributed by atoms with Gasteiger partial charge in [0.25, 0.3) is 0 Å². The van der Waals surface area contributed by atoms with Gasteiger partial charge >= 0.3 is 41.7 Å². The van der Waals surface area contributed by atoms with Crippen LogP contribution in [0.5, 0.6) is 0 Å². The standard InChI is InChI=1S/C7H11NO4.Na.H/c1-4-5(9)11-6(10)12-7(2,3)8;;/h4H,1,8H2,2-3H3;;. The van der Waals surface area contributed by atoms with E-state index in [1.165, 1.54) is 13.8 Å². The number of carbonyl (C=O) groups is 2. The summed E-state index contributed by atoms with van der Waals surface area (Å²) >= 11 is 0. The van der Waals surface area contributed by atoms with Crippen molar-refractivity contribution < 1.29 is 19.1 Å². The number of ether oxygens (including phenoxy) is 2. The molecule has 0 amide bonds. The van der Waals surface area contributed by atoms with Crippen LogP contribution >= 0.6 is 0 Å². The van der Waals surface area contributed by atoms with Crippen LogP contribution in [0.3, 0.4) is 0 Å². The second kappa shape index (κ2) is 6.15. The first-order valence-corrected chi connectivity index (χ1v) is 3.21. The number of rotatable bonds is 2. The van der Waals surface area contributed by atoms with Gasteiger partial charge in [-0.2, -0.15) is 0 Å². The topological polar surface area (TPSA) is 78.6 Å². The zero-order valence-corrected chi connectivity index (χ0v) is 6.99. The first-order valence-electron chi connectivity index (χ1n) is 3.21. The molecule has 0 unspecified atom stereocenters. The van der Waals surface area contributed by atoms with E-state index in [-0.39, 0.29) is 29.6 Å². The summed E-state index contributed by atoms with van der Waals surface area (Å²) in [7, 11) is 0. The Balaban J connectivity index is 0. The van der Waals surface area contributed by atoms with Gasteiger partial charge in [-0.25, -0.2) is 9.59 Å². The van der Waals surface area contributed by atoms with Crippen molar-refractivity contribution >= 4 is 41.7 Å². The number of hydrogen-bond donors (Lipinski definition) is 1. The summed E-state index contributed by atoms with van der Waals surface area (Å²) in [6.45, 7) is 6.00. The Bertz CT molecular complexity index is 209. The summed E-state index contributed by atoms with van der Waals surface area (Å²) in [5.74, 6) is -0.871. The summed E-state index contributed by atoms with van der Waals surface area (Å²) in [6.07, 6.45) is -0.280. The third-order valence-corrected chi connectivity index (χ3v) is 0.697. The monoisotopic (exact) mass is 197 g/mol. The van der Waals surface area contributed by atoms with Gasteiger partial charge in [0, 0.05) is 6.08 Å². The minimum atomic E-state index is -1.15. The van der Waals surface area contributed by atoms with Crippen LogP contribution in [0.4, 0.5) is 4.79 Å². The van der Waals surface area contributed by atoms with E-state index in [1.807, 2.05) is 0 Å². The second-order valence-electron chi connectivity index (χ2n) is 2.58. The van der Waals surface area contributed by atoms with Crippen LogP contribution in [-0.2, 0) is 14.3 Å². The first-order chi connectivity index (χ1) is 5.35. The number of nitrogens with two attached hydrogens (primary N) is 1. The molecule has 5 nitrogen and oxygen atoms in total. The second-order valence-corrected chi connectivity index (χ2v) is 2.58. The molecule has 0 radical (unpaired) electrons. The van der Waals surface area contributed by atoms with E-state index in [2.05, 4.69) is 16.1 Å². The number of carbonyl (C=O) groups excluding carboxylic acids is 2. The molecule has 0 aromatic rings. The molecule has 0 bridgehead atoms. The summed E-state index contributed by atoms with van der Waals surface area (Å²) in [5, 5.41) is 0. The molecule has 2 N–H and O–H groups in total. The third kappa shape index (κ3) is 9.55. The molecule has 6 heteroatoms. The molecule has 13 heavy (non-hydrogen) atoms. The van der Waals surface area contributed by atoms with Crippen LogP contribution in [0.25, 0.3) is 0 Å². The SMILES string of the molecule is C=CC(=O)OC(=O)OC(C)(C)N.[NaH]. The maximum absolute atomic E-state index is 10.6.